The van der Waals surface area contributed by atoms with Gasteiger partial charge in [-0.05, 0) is 13.8 Å². The van der Waals surface area contributed by atoms with Gasteiger partial charge in [-0.3, -0.25) is 0 Å². The van der Waals surface area contributed by atoms with Crippen LogP contribution in [0.1, 0.15) is 20.3 Å². The van der Waals surface area contributed by atoms with Gasteiger partial charge in [-0.25, -0.2) is 0 Å². The maximum absolute atomic E-state index is 9.04. The van der Waals surface area contributed by atoms with Gasteiger partial charge in [0.25, 0.3) is 0 Å². The summed E-state index contributed by atoms with van der Waals surface area (Å²) in [5.41, 5.74) is 0.0938. The second kappa shape index (κ2) is 1.26. The van der Waals surface area contributed by atoms with Crippen molar-refractivity contribution in [3.63, 3.8) is 0 Å². The van der Waals surface area contributed by atoms with Crippen LogP contribution in [0.5, 0.6) is 0 Å². The molecule has 1 aliphatic rings. The van der Waals surface area contributed by atoms with Crippen molar-refractivity contribution in [3.05, 3.63) is 11.3 Å². The molecular formula is C6H10O2. The smallest absolute Gasteiger partial charge is 0.0913 e. The van der Waals surface area contributed by atoms with Crippen molar-refractivity contribution in [3.8, 4) is 0 Å². The Kier molecular flexibility index (Phi) is 0.886. The number of hydrogen-bond donors (Lipinski definition) is 2. The number of allylic oxidation sites excluding steroid dienone is 1. The molecule has 46 valence electrons. The van der Waals surface area contributed by atoms with E-state index in [2.05, 4.69) is 0 Å². The molecule has 1 rings (SSSR count). The Bertz CT molecular complexity index is 141. The fourth-order valence-electron chi connectivity index (χ4n) is 0.818. The van der Waals surface area contributed by atoms with Gasteiger partial charge in [0.2, 0.25) is 0 Å². The minimum Gasteiger partial charge on any atom is -0.513 e. The molecule has 0 radical (unpaired) electrons. The first-order valence-corrected chi connectivity index (χ1v) is 2.65. The number of rotatable bonds is 0. The lowest BCUT2D eigenvalue weighted by atomic mass is 10.3. The number of aliphatic hydroxyl groups is 2. The predicted molar refractivity (Wildman–Crippen MR) is 30.6 cm³/mol. The van der Waals surface area contributed by atoms with E-state index in [0.717, 1.165) is 5.57 Å². The highest BCUT2D eigenvalue weighted by Gasteiger charge is 2.44. The summed E-state index contributed by atoms with van der Waals surface area (Å²) in [6.45, 7) is 3.29. The van der Waals surface area contributed by atoms with E-state index in [4.69, 9.17) is 10.2 Å². The molecule has 0 spiro atoms. The fourth-order valence-corrected chi connectivity index (χ4v) is 0.818. The minimum absolute atomic E-state index is 0.273. The van der Waals surface area contributed by atoms with Gasteiger partial charge < -0.3 is 10.2 Å². The minimum atomic E-state index is -0.682. The SMILES string of the molecule is CC(O)=C1CC1(C)O. The molecule has 0 aliphatic heterocycles. The van der Waals surface area contributed by atoms with Gasteiger partial charge in [-0.1, -0.05) is 0 Å². The summed E-state index contributed by atoms with van der Waals surface area (Å²) < 4.78 is 0. The maximum atomic E-state index is 9.04. The summed E-state index contributed by atoms with van der Waals surface area (Å²) >= 11 is 0. The van der Waals surface area contributed by atoms with Gasteiger partial charge in [-0.15, -0.1) is 0 Å². The van der Waals surface area contributed by atoms with Crippen LogP contribution in [0.2, 0.25) is 0 Å². The van der Waals surface area contributed by atoms with Gasteiger partial charge in [0.05, 0.1) is 11.4 Å². The highest BCUT2D eigenvalue weighted by Crippen LogP contribution is 2.43. The lowest BCUT2D eigenvalue weighted by Gasteiger charge is -1.92. The summed E-state index contributed by atoms with van der Waals surface area (Å²) in [4.78, 5) is 0. The molecular weight excluding hydrogens is 104 g/mol. The van der Waals surface area contributed by atoms with E-state index in [0.29, 0.717) is 6.42 Å². The van der Waals surface area contributed by atoms with Crippen LogP contribution in [0.3, 0.4) is 0 Å². The highest BCUT2D eigenvalue weighted by atomic mass is 16.3. The molecule has 1 atom stereocenters. The molecule has 0 aromatic carbocycles. The van der Waals surface area contributed by atoms with Crippen molar-refractivity contribution in [2.45, 2.75) is 25.9 Å². The normalized spacial score (nSPS) is 41.9. The van der Waals surface area contributed by atoms with E-state index in [1.807, 2.05) is 0 Å². The molecule has 0 saturated heterocycles. The molecule has 1 saturated carbocycles. The molecule has 2 N–H and O–H groups in total. The summed E-state index contributed by atoms with van der Waals surface area (Å²) in [7, 11) is 0. The molecule has 1 fully saturated rings. The van der Waals surface area contributed by atoms with E-state index in [1.54, 1.807) is 13.8 Å². The van der Waals surface area contributed by atoms with Crippen LogP contribution < -0.4 is 0 Å². The van der Waals surface area contributed by atoms with Crippen LogP contribution in [-0.4, -0.2) is 15.8 Å². The zero-order valence-corrected chi connectivity index (χ0v) is 5.10. The van der Waals surface area contributed by atoms with Crippen LogP contribution in [0.25, 0.3) is 0 Å². The molecule has 1 unspecified atom stereocenters. The van der Waals surface area contributed by atoms with Crippen LogP contribution >= 0.6 is 0 Å². The maximum Gasteiger partial charge on any atom is 0.0913 e. The molecule has 2 nitrogen and oxygen atoms in total. The lowest BCUT2D eigenvalue weighted by molar-refractivity contribution is 0.183. The van der Waals surface area contributed by atoms with E-state index in [9.17, 15) is 0 Å². The second-order valence-corrected chi connectivity index (χ2v) is 2.51. The molecule has 1 aliphatic carbocycles. The molecule has 0 bridgehead atoms. The summed E-state index contributed by atoms with van der Waals surface area (Å²) in [6.07, 6.45) is 0.634. The standard InChI is InChI=1S/C6H10O2/c1-4(7)5-3-6(5,2)8/h7-8H,3H2,1-2H3. The first kappa shape index (κ1) is 5.63. The summed E-state index contributed by atoms with van der Waals surface area (Å²) in [6, 6.07) is 0. The van der Waals surface area contributed by atoms with Gasteiger partial charge in [0, 0.05) is 12.0 Å². The molecule has 0 amide bonds. The number of hydrogen-bond acceptors (Lipinski definition) is 2. The van der Waals surface area contributed by atoms with Crippen molar-refractivity contribution < 1.29 is 10.2 Å². The van der Waals surface area contributed by atoms with Crippen molar-refractivity contribution >= 4 is 0 Å². The third-order valence-electron chi connectivity index (χ3n) is 1.48. The Morgan fingerprint density at radius 1 is 1.75 bits per heavy atom. The topological polar surface area (TPSA) is 40.5 Å². The van der Waals surface area contributed by atoms with Gasteiger partial charge >= 0.3 is 0 Å². The quantitative estimate of drug-likeness (QED) is 0.461. The Hall–Kier alpha value is -0.500. The van der Waals surface area contributed by atoms with E-state index < -0.39 is 5.60 Å². The first-order valence-electron chi connectivity index (χ1n) is 2.65. The fraction of sp³-hybridized carbons (Fsp3) is 0.667. The van der Waals surface area contributed by atoms with Gasteiger partial charge in [0.15, 0.2) is 0 Å². The van der Waals surface area contributed by atoms with Crippen LogP contribution in [0, 0.1) is 0 Å². The Labute approximate surface area is 48.5 Å². The molecule has 2 heteroatoms. The zero-order chi connectivity index (χ0) is 6.36. The molecule has 0 aromatic heterocycles. The molecule has 8 heavy (non-hydrogen) atoms. The third-order valence-corrected chi connectivity index (χ3v) is 1.48. The average molecular weight is 114 g/mol. The van der Waals surface area contributed by atoms with Crippen molar-refractivity contribution in [1.29, 1.82) is 0 Å². The highest BCUT2D eigenvalue weighted by molar-refractivity contribution is 5.35. The van der Waals surface area contributed by atoms with Crippen molar-refractivity contribution in [2.75, 3.05) is 0 Å². The summed E-state index contributed by atoms with van der Waals surface area (Å²) in [5, 5.41) is 17.8. The van der Waals surface area contributed by atoms with Crippen LogP contribution in [0.4, 0.5) is 0 Å². The van der Waals surface area contributed by atoms with Gasteiger partial charge in [0.1, 0.15) is 0 Å². The van der Waals surface area contributed by atoms with Crippen molar-refractivity contribution in [2.24, 2.45) is 0 Å². The average Bonchev–Trinajstić information content (AvgIpc) is 2.13. The zero-order valence-electron chi connectivity index (χ0n) is 5.10. The van der Waals surface area contributed by atoms with E-state index in [-0.39, 0.29) is 5.76 Å². The number of aliphatic hydroxyl groups excluding tert-OH is 1. The second-order valence-electron chi connectivity index (χ2n) is 2.51. The third kappa shape index (κ3) is 0.713. The molecule has 0 aromatic rings. The largest absolute Gasteiger partial charge is 0.513 e. The van der Waals surface area contributed by atoms with E-state index >= 15 is 0 Å². The molecule has 0 heterocycles. The van der Waals surface area contributed by atoms with Crippen molar-refractivity contribution in [1.82, 2.24) is 0 Å². The Balaban J connectivity index is 2.73. The predicted octanol–water partition coefficient (Wildman–Crippen LogP) is 0.973. The Morgan fingerprint density at radius 3 is 2.12 bits per heavy atom. The first-order chi connectivity index (χ1) is 3.54. The van der Waals surface area contributed by atoms with E-state index in [1.165, 1.54) is 0 Å². The van der Waals surface area contributed by atoms with Gasteiger partial charge in [-0.2, -0.15) is 0 Å². The summed E-state index contributed by atoms with van der Waals surface area (Å²) in [5.74, 6) is 0.273. The monoisotopic (exact) mass is 114 g/mol. The lowest BCUT2D eigenvalue weighted by Crippen LogP contribution is -1.97. The van der Waals surface area contributed by atoms with Crippen LogP contribution in [-0.2, 0) is 0 Å². The van der Waals surface area contributed by atoms with Crippen LogP contribution in [0.15, 0.2) is 11.3 Å². The Morgan fingerprint density at radius 2 is 2.12 bits per heavy atom.